The Labute approximate surface area is 128 Å². The molecule has 0 spiro atoms. The van der Waals surface area contributed by atoms with Gasteiger partial charge in [-0.3, -0.25) is 14.2 Å². The second-order valence-electron chi connectivity index (χ2n) is 5.59. The fraction of sp³-hybridized carbons (Fsp3) is 0.438. The van der Waals surface area contributed by atoms with Crippen molar-refractivity contribution >= 4 is 16.8 Å². The number of carbonyl (C=O) groups is 1. The number of fused-ring (bicyclic) bond motifs is 1. The molecule has 1 saturated heterocycles. The Morgan fingerprint density at radius 3 is 2.82 bits per heavy atom. The van der Waals surface area contributed by atoms with E-state index in [1.807, 2.05) is 6.07 Å². The molecular weight excluding hydrogens is 280 g/mol. The van der Waals surface area contributed by atoms with Crippen LogP contribution in [-0.2, 0) is 11.3 Å². The van der Waals surface area contributed by atoms with Gasteiger partial charge in [-0.15, -0.1) is 0 Å². The van der Waals surface area contributed by atoms with Gasteiger partial charge in [-0.2, -0.15) is 0 Å². The molecule has 0 bridgehead atoms. The smallest absolute Gasteiger partial charge is 0.261 e. The van der Waals surface area contributed by atoms with Gasteiger partial charge < -0.3 is 10.2 Å². The molecule has 116 valence electrons. The summed E-state index contributed by atoms with van der Waals surface area (Å²) in [6.45, 7) is 3.73. The van der Waals surface area contributed by atoms with E-state index >= 15 is 0 Å². The van der Waals surface area contributed by atoms with Crippen molar-refractivity contribution in [3.05, 3.63) is 40.9 Å². The van der Waals surface area contributed by atoms with Crippen LogP contribution in [0, 0.1) is 0 Å². The van der Waals surface area contributed by atoms with Crippen LogP contribution in [0.15, 0.2) is 35.4 Å². The van der Waals surface area contributed by atoms with Crippen LogP contribution in [-0.4, -0.2) is 46.5 Å². The van der Waals surface area contributed by atoms with Crippen molar-refractivity contribution in [2.75, 3.05) is 26.2 Å². The minimum absolute atomic E-state index is 0.0106. The number of benzene rings is 1. The Bertz CT molecular complexity index is 719. The maximum absolute atomic E-state index is 12.3. The van der Waals surface area contributed by atoms with Gasteiger partial charge in [-0.25, -0.2) is 4.98 Å². The summed E-state index contributed by atoms with van der Waals surface area (Å²) in [5, 5.41) is 3.40. The van der Waals surface area contributed by atoms with Gasteiger partial charge in [0.2, 0.25) is 5.91 Å². The summed E-state index contributed by atoms with van der Waals surface area (Å²) >= 11 is 0. The highest BCUT2D eigenvalue weighted by molar-refractivity contribution is 5.78. The van der Waals surface area contributed by atoms with E-state index < -0.39 is 0 Å². The van der Waals surface area contributed by atoms with Crippen molar-refractivity contribution in [2.24, 2.45) is 0 Å². The molecule has 3 rings (SSSR count). The molecule has 1 aromatic heterocycles. The van der Waals surface area contributed by atoms with Crippen molar-refractivity contribution in [3.63, 3.8) is 0 Å². The fourth-order valence-corrected chi connectivity index (χ4v) is 2.79. The SMILES string of the molecule is O=C(Cn1cnc2ccccc2c1=O)NCCN1CCCC1. The van der Waals surface area contributed by atoms with Gasteiger partial charge in [0.1, 0.15) is 6.54 Å². The maximum Gasteiger partial charge on any atom is 0.261 e. The van der Waals surface area contributed by atoms with Crippen molar-refractivity contribution in [2.45, 2.75) is 19.4 Å². The molecule has 0 aliphatic carbocycles. The predicted octanol–water partition coefficient (Wildman–Crippen LogP) is 0.609. The lowest BCUT2D eigenvalue weighted by Gasteiger charge is -2.14. The van der Waals surface area contributed by atoms with Crippen LogP contribution in [0.2, 0.25) is 0 Å². The number of aromatic nitrogens is 2. The lowest BCUT2D eigenvalue weighted by atomic mass is 10.2. The number of nitrogens with one attached hydrogen (secondary N) is 1. The summed E-state index contributed by atoms with van der Waals surface area (Å²) < 4.78 is 1.35. The van der Waals surface area contributed by atoms with Crippen molar-refractivity contribution in [1.29, 1.82) is 0 Å². The van der Waals surface area contributed by atoms with E-state index in [0.29, 0.717) is 17.4 Å². The first kappa shape index (κ1) is 14.7. The minimum atomic E-state index is -0.180. The van der Waals surface area contributed by atoms with E-state index in [9.17, 15) is 9.59 Å². The third kappa shape index (κ3) is 3.33. The summed E-state index contributed by atoms with van der Waals surface area (Å²) in [6.07, 6.45) is 3.92. The van der Waals surface area contributed by atoms with Crippen LogP contribution in [0.5, 0.6) is 0 Å². The Balaban J connectivity index is 1.59. The van der Waals surface area contributed by atoms with Gasteiger partial charge >= 0.3 is 0 Å². The molecular formula is C16H20N4O2. The zero-order valence-electron chi connectivity index (χ0n) is 12.5. The number of carbonyl (C=O) groups excluding carboxylic acids is 1. The molecule has 1 fully saturated rings. The highest BCUT2D eigenvalue weighted by atomic mass is 16.2. The average molecular weight is 300 g/mol. The fourth-order valence-electron chi connectivity index (χ4n) is 2.79. The average Bonchev–Trinajstić information content (AvgIpc) is 3.04. The molecule has 22 heavy (non-hydrogen) atoms. The van der Waals surface area contributed by atoms with Crippen LogP contribution >= 0.6 is 0 Å². The second kappa shape index (κ2) is 6.70. The van der Waals surface area contributed by atoms with E-state index in [0.717, 1.165) is 19.6 Å². The van der Waals surface area contributed by atoms with E-state index in [1.165, 1.54) is 23.7 Å². The van der Waals surface area contributed by atoms with Crippen LogP contribution in [0.3, 0.4) is 0 Å². The highest BCUT2D eigenvalue weighted by Crippen LogP contribution is 2.06. The normalized spacial score (nSPS) is 15.3. The topological polar surface area (TPSA) is 67.2 Å². The van der Waals surface area contributed by atoms with Crippen LogP contribution in [0.4, 0.5) is 0 Å². The van der Waals surface area contributed by atoms with E-state index in [2.05, 4.69) is 15.2 Å². The largest absolute Gasteiger partial charge is 0.353 e. The van der Waals surface area contributed by atoms with Crippen molar-refractivity contribution < 1.29 is 4.79 Å². The van der Waals surface area contributed by atoms with Gasteiger partial charge in [0.05, 0.1) is 17.2 Å². The van der Waals surface area contributed by atoms with E-state index in [-0.39, 0.29) is 18.0 Å². The number of para-hydroxylation sites is 1. The molecule has 1 amide bonds. The molecule has 1 aliphatic heterocycles. The molecule has 2 heterocycles. The van der Waals surface area contributed by atoms with E-state index in [4.69, 9.17) is 0 Å². The summed E-state index contributed by atoms with van der Waals surface area (Å²) in [5.74, 6) is -0.154. The second-order valence-corrected chi connectivity index (χ2v) is 5.59. The Morgan fingerprint density at radius 2 is 2.00 bits per heavy atom. The lowest BCUT2D eigenvalue weighted by molar-refractivity contribution is -0.121. The Hall–Kier alpha value is -2.21. The summed E-state index contributed by atoms with van der Waals surface area (Å²) in [5.41, 5.74) is 0.471. The molecule has 0 unspecified atom stereocenters. The van der Waals surface area contributed by atoms with Gasteiger partial charge in [0, 0.05) is 13.1 Å². The Kier molecular flexibility index (Phi) is 4.48. The first-order chi connectivity index (χ1) is 10.7. The van der Waals surface area contributed by atoms with Gasteiger partial charge in [0.15, 0.2) is 0 Å². The first-order valence-electron chi connectivity index (χ1n) is 7.67. The van der Waals surface area contributed by atoms with E-state index in [1.54, 1.807) is 18.2 Å². The number of hydrogen-bond acceptors (Lipinski definition) is 4. The molecule has 0 atom stereocenters. The molecule has 1 aliphatic rings. The highest BCUT2D eigenvalue weighted by Gasteiger charge is 2.12. The van der Waals surface area contributed by atoms with Crippen LogP contribution < -0.4 is 10.9 Å². The number of likely N-dealkylation sites (tertiary alicyclic amines) is 1. The monoisotopic (exact) mass is 300 g/mol. The molecule has 1 aromatic carbocycles. The van der Waals surface area contributed by atoms with Crippen LogP contribution in [0.25, 0.3) is 10.9 Å². The summed E-state index contributed by atoms with van der Waals surface area (Å²) in [6, 6.07) is 7.15. The Morgan fingerprint density at radius 1 is 1.23 bits per heavy atom. The van der Waals surface area contributed by atoms with Gasteiger partial charge in [-0.1, -0.05) is 12.1 Å². The molecule has 6 heteroatoms. The molecule has 0 radical (unpaired) electrons. The zero-order chi connectivity index (χ0) is 15.4. The first-order valence-corrected chi connectivity index (χ1v) is 7.67. The molecule has 0 saturated carbocycles. The van der Waals surface area contributed by atoms with Crippen LogP contribution in [0.1, 0.15) is 12.8 Å². The third-order valence-corrected chi connectivity index (χ3v) is 3.99. The van der Waals surface area contributed by atoms with Crippen molar-refractivity contribution in [3.8, 4) is 0 Å². The number of amides is 1. The quantitative estimate of drug-likeness (QED) is 0.878. The molecule has 6 nitrogen and oxygen atoms in total. The number of rotatable bonds is 5. The summed E-state index contributed by atoms with van der Waals surface area (Å²) in [4.78, 5) is 30.8. The third-order valence-electron chi connectivity index (χ3n) is 3.99. The lowest BCUT2D eigenvalue weighted by Crippen LogP contribution is -2.37. The number of nitrogens with zero attached hydrogens (tertiary/aromatic N) is 3. The van der Waals surface area contributed by atoms with Gasteiger partial charge in [0.25, 0.3) is 5.56 Å². The molecule has 2 aromatic rings. The molecule has 1 N–H and O–H groups in total. The standard InChI is InChI=1S/C16H20N4O2/c21-15(17-7-10-19-8-3-4-9-19)11-20-12-18-14-6-2-1-5-13(14)16(20)22/h1-2,5-6,12H,3-4,7-11H2,(H,17,21). The summed E-state index contributed by atoms with van der Waals surface area (Å²) in [7, 11) is 0. The predicted molar refractivity (Wildman–Crippen MR) is 84.7 cm³/mol. The maximum atomic E-state index is 12.3. The number of hydrogen-bond donors (Lipinski definition) is 1. The van der Waals surface area contributed by atoms with Crippen molar-refractivity contribution in [1.82, 2.24) is 19.8 Å². The minimum Gasteiger partial charge on any atom is -0.353 e. The zero-order valence-corrected chi connectivity index (χ0v) is 12.5. The van der Waals surface area contributed by atoms with Gasteiger partial charge in [-0.05, 0) is 38.1 Å².